The second-order valence-electron chi connectivity index (χ2n) is 2.52. The van der Waals surface area contributed by atoms with E-state index >= 15 is 0 Å². The van der Waals surface area contributed by atoms with Gasteiger partial charge in [0.25, 0.3) is 0 Å². The molecule has 72 valence electrons. The van der Waals surface area contributed by atoms with Crippen LogP contribution in [0.25, 0.3) is 5.70 Å². The van der Waals surface area contributed by atoms with Crippen molar-refractivity contribution in [2.24, 2.45) is 0 Å². The van der Waals surface area contributed by atoms with Crippen LogP contribution >= 0.6 is 0 Å². The van der Waals surface area contributed by atoms with Gasteiger partial charge in [0.15, 0.2) is 0 Å². The van der Waals surface area contributed by atoms with Crippen molar-refractivity contribution in [3.8, 4) is 0 Å². The molecule has 0 saturated heterocycles. The van der Waals surface area contributed by atoms with Crippen molar-refractivity contribution in [2.45, 2.75) is 0 Å². The molecule has 0 unspecified atom stereocenters. The van der Waals surface area contributed by atoms with Crippen molar-refractivity contribution in [1.29, 1.82) is 0 Å². The van der Waals surface area contributed by atoms with Gasteiger partial charge in [-0.15, -0.1) is 0 Å². The lowest BCUT2D eigenvalue weighted by atomic mass is 10.1. The molecule has 4 heteroatoms. The smallest absolute Gasteiger partial charge is 0.330 e. The van der Waals surface area contributed by atoms with Crippen molar-refractivity contribution in [3.63, 3.8) is 0 Å². The summed E-state index contributed by atoms with van der Waals surface area (Å²) in [5.41, 5.74) is 0.926. The lowest BCUT2D eigenvalue weighted by Gasteiger charge is -2.03. The second-order valence-corrected chi connectivity index (χ2v) is 2.52. The van der Waals surface area contributed by atoms with E-state index in [4.69, 9.17) is 5.11 Å². The summed E-state index contributed by atoms with van der Waals surface area (Å²) < 4.78 is 0. The Morgan fingerprint density at radius 3 is 2.43 bits per heavy atom. The van der Waals surface area contributed by atoms with Gasteiger partial charge in [0.05, 0.1) is 5.70 Å². The van der Waals surface area contributed by atoms with E-state index < -0.39 is 5.97 Å². The first kappa shape index (κ1) is 9.98. The van der Waals surface area contributed by atoms with Crippen LogP contribution in [0.3, 0.4) is 0 Å². The van der Waals surface area contributed by atoms with E-state index in [0.29, 0.717) is 12.0 Å². The molecule has 0 aliphatic heterocycles. The molecular formula is C10H9NO3. The van der Waals surface area contributed by atoms with E-state index in [2.05, 4.69) is 5.32 Å². The highest BCUT2D eigenvalue weighted by atomic mass is 16.4. The largest absolute Gasteiger partial charge is 0.478 e. The maximum atomic E-state index is 10.4. The Bertz CT molecular complexity index is 357. The number of hydrogen-bond donors (Lipinski definition) is 2. The van der Waals surface area contributed by atoms with Gasteiger partial charge in [-0.2, -0.15) is 0 Å². The van der Waals surface area contributed by atoms with Gasteiger partial charge < -0.3 is 10.4 Å². The summed E-state index contributed by atoms with van der Waals surface area (Å²) in [5, 5.41) is 10.9. The Hall–Kier alpha value is -2.10. The Morgan fingerprint density at radius 2 is 1.93 bits per heavy atom. The Balaban J connectivity index is 3.00. The molecule has 0 aliphatic carbocycles. The Morgan fingerprint density at radius 1 is 1.29 bits per heavy atom. The molecule has 1 rings (SSSR count). The molecule has 0 atom stereocenters. The highest BCUT2D eigenvalue weighted by Crippen LogP contribution is 2.09. The molecule has 0 heterocycles. The summed E-state index contributed by atoms with van der Waals surface area (Å²) >= 11 is 0. The standard InChI is InChI=1S/C10H9NO3/c12-7-11-9(6-10(13)14)8-4-2-1-3-5-8/h1-7H,(H,11,12)(H,13,14). The van der Waals surface area contributed by atoms with Gasteiger partial charge in [0.1, 0.15) is 0 Å². The molecule has 0 bridgehead atoms. The first-order chi connectivity index (χ1) is 6.74. The molecule has 0 spiro atoms. The molecule has 0 saturated carbocycles. The lowest BCUT2D eigenvalue weighted by molar-refractivity contribution is -0.131. The first-order valence-electron chi connectivity index (χ1n) is 3.94. The van der Waals surface area contributed by atoms with Crippen LogP contribution in [0.2, 0.25) is 0 Å². The SMILES string of the molecule is O=CNC(=CC(=O)O)c1ccccc1. The van der Waals surface area contributed by atoms with Crippen LogP contribution in [0, 0.1) is 0 Å². The number of aliphatic carboxylic acids is 1. The van der Waals surface area contributed by atoms with Crippen LogP contribution in [0.15, 0.2) is 36.4 Å². The monoisotopic (exact) mass is 191 g/mol. The molecule has 1 aromatic carbocycles. The van der Waals surface area contributed by atoms with Gasteiger partial charge in [0, 0.05) is 6.08 Å². The maximum Gasteiger partial charge on any atom is 0.330 e. The third-order valence-electron chi connectivity index (χ3n) is 1.57. The van der Waals surface area contributed by atoms with Gasteiger partial charge in [-0.3, -0.25) is 4.79 Å². The maximum absolute atomic E-state index is 10.4. The van der Waals surface area contributed by atoms with Gasteiger partial charge in [-0.05, 0) is 5.56 Å². The van der Waals surface area contributed by atoms with Gasteiger partial charge in [0.2, 0.25) is 6.41 Å². The number of amides is 1. The summed E-state index contributed by atoms with van der Waals surface area (Å²) in [7, 11) is 0. The number of carbonyl (C=O) groups excluding carboxylic acids is 1. The van der Waals surface area contributed by atoms with E-state index in [1.54, 1.807) is 24.3 Å². The average molecular weight is 191 g/mol. The predicted octanol–water partition coefficient (Wildman–Crippen LogP) is 0.858. The molecule has 1 aromatic rings. The summed E-state index contributed by atoms with van der Waals surface area (Å²) in [4.78, 5) is 20.7. The van der Waals surface area contributed by atoms with Gasteiger partial charge in [-0.1, -0.05) is 30.3 Å². The summed E-state index contributed by atoms with van der Waals surface area (Å²) in [6.07, 6.45) is 1.39. The summed E-state index contributed by atoms with van der Waals surface area (Å²) in [6, 6.07) is 8.76. The molecular weight excluding hydrogens is 182 g/mol. The number of carboxylic acids is 1. The fourth-order valence-electron chi connectivity index (χ4n) is 1.01. The quantitative estimate of drug-likeness (QED) is 0.548. The number of rotatable bonds is 4. The van der Waals surface area contributed by atoms with E-state index in [-0.39, 0.29) is 5.70 Å². The summed E-state index contributed by atoms with van der Waals surface area (Å²) in [5.74, 6) is -1.10. The second kappa shape index (κ2) is 4.81. The minimum Gasteiger partial charge on any atom is -0.478 e. The van der Waals surface area contributed by atoms with E-state index in [1.807, 2.05) is 6.07 Å². The van der Waals surface area contributed by atoms with E-state index in [1.165, 1.54) is 0 Å². The first-order valence-corrected chi connectivity index (χ1v) is 3.94. The minimum absolute atomic E-state index is 0.271. The highest BCUT2D eigenvalue weighted by molar-refractivity contribution is 5.91. The highest BCUT2D eigenvalue weighted by Gasteiger charge is 2.01. The number of hydrogen-bond acceptors (Lipinski definition) is 2. The van der Waals surface area contributed by atoms with Crippen LogP contribution < -0.4 is 5.32 Å². The van der Waals surface area contributed by atoms with Crippen molar-refractivity contribution in [2.75, 3.05) is 0 Å². The number of carbonyl (C=O) groups is 2. The zero-order chi connectivity index (χ0) is 10.4. The molecule has 0 aliphatic rings. The summed E-state index contributed by atoms with van der Waals surface area (Å²) in [6.45, 7) is 0. The molecule has 0 aromatic heterocycles. The van der Waals surface area contributed by atoms with Crippen molar-refractivity contribution >= 4 is 18.1 Å². The topological polar surface area (TPSA) is 66.4 Å². The van der Waals surface area contributed by atoms with Crippen LogP contribution in [-0.4, -0.2) is 17.5 Å². The fourth-order valence-corrected chi connectivity index (χ4v) is 1.01. The van der Waals surface area contributed by atoms with Crippen molar-refractivity contribution in [3.05, 3.63) is 42.0 Å². The normalized spacial score (nSPS) is 10.7. The van der Waals surface area contributed by atoms with Crippen LogP contribution in [0.5, 0.6) is 0 Å². The third-order valence-corrected chi connectivity index (χ3v) is 1.57. The van der Waals surface area contributed by atoms with Crippen LogP contribution in [0.1, 0.15) is 5.56 Å². The molecule has 1 amide bonds. The average Bonchev–Trinajstić information content (AvgIpc) is 2.18. The van der Waals surface area contributed by atoms with Crippen LogP contribution in [0.4, 0.5) is 0 Å². The number of nitrogens with one attached hydrogen (secondary N) is 1. The lowest BCUT2D eigenvalue weighted by Crippen LogP contribution is -2.10. The van der Waals surface area contributed by atoms with E-state index in [9.17, 15) is 9.59 Å². The zero-order valence-corrected chi connectivity index (χ0v) is 7.31. The number of benzene rings is 1. The number of carboxylic acid groups (broad SMARTS) is 1. The van der Waals surface area contributed by atoms with Crippen molar-refractivity contribution < 1.29 is 14.7 Å². The van der Waals surface area contributed by atoms with Gasteiger partial charge >= 0.3 is 5.97 Å². The minimum atomic E-state index is -1.10. The third kappa shape index (κ3) is 2.75. The van der Waals surface area contributed by atoms with Crippen molar-refractivity contribution in [1.82, 2.24) is 5.32 Å². The molecule has 0 fully saturated rings. The van der Waals surface area contributed by atoms with E-state index in [0.717, 1.165) is 6.08 Å². The fraction of sp³-hybridized carbons (Fsp3) is 0. The molecule has 4 nitrogen and oxygen atoms in total. The molecule has 2 N–H and O–H groups in total. The van der Waals surface area contributed by atoms with Crippen LogP contribution in [-0.2, 0) is 9.59 Å². The predicted molar refractivity (Wildman–Crippen MR) is 51.3 cm³/mol. The molecule has 14 heavy (non-hydrogen) atoms. The molecule has 0 radical (unpaired) electrons. The Kier molecular flexibility index (Phi) is 3.43. The zero-order valence-electron chi connectivity index (χ0n) is 7.31. The van der Waals surface area contributed by atoms with Gasteiger partial charge in [-0.25, -0.2) is 4.79 Å². The Labute approximate surface area is 80.9 Å².